The molecule has 1 aliphatic heterocycles. The van der Waals surface area contributed by atoms with Crippen molar-refractivity contribution in [2.45, 2.75) is 43.8 Å². The summed E-state index contributed by atoms with van der Waals surface area (Å²) in [4.78, 5) is 18.9. The highest BCUT2D eigenvalue weighted by atomic mass is 19.4. The fourth-order valence-electron chi connectivity index (χ4n) is 3.82. The van der Waals surface area contributed by atoms with Crippen LogP contribution in [0.3, 0.4) is 0 Å². The van der Waals surface area contributed by atoms with Crippen molar-refractivity contribution < 1.29 is 22.4 Å². The van der Waals surface area contributed by atoms with Crippen LogP contribution in [0, 0.1) is 0 Å². The Kier molecular flexibility index (Phi) is 3.75. The monoisotopic (exact) mass is 390 g/mol. The molecule has 0 aromatic carbocycles. The minimum Gasteiger partial charge on any atom is -0.467 e. The highest BCUT2D eigenvalue weighted by Gasteiger charge is 2.38. The molecule has 1 saturated heterocycles. The van der Waals surface area contributed by atoms with Gasteiger partial charge in [-0.25, -0.2) is 9.50 Å². The largest absolute Gasteiger partial charge is 0.467 e. The van der Waals surface area contributed by atoms with Crippen molar-refractivity contribution in [3.8, 4) is 0 Å². The van der Waals surface area contributed by atoms with E-state index in [2.05, 4.69) is 10.1 Å². The zero-order valence-electron chi connectivity index (χ0n) is 14.8. The third-order valence-electron chi connectivity index (χ3n) is 5.34. The van der Waals surface area contributed by atoms with Gasteiger partial charge in [-0.05, 0) is 43.9 Å². The summed E-state index contributed by atoms with van der Waals surface area (Å²) in [5.74, 6) is 0.312. The molecule has 3 aromatic heterocycles. The first-order chi connectivity index (χ1) is 13.4. The number of hydrogen-bond acceptors (Lipinski definition) is 4. The fourth-order valence-corrected chi connectivity index (χ4v) is 3.82. The van der Waals surface area contributed by atoms with Crippen LogP contribution in [0.15, 0.2) is 34.9 Å². The summed E-state index contributed by atoms with van der Waals surface area (Å²) in [6, 6.07) is 5.71. The molecule has 0 bridgehead atoms. The molecule has 28 heavy (non-hydrogen) atoms. The Balaban J connectivity index is 1.55. The van der Waals surface area contributed by atoms with Gasteiger partial charge in [-0.1, -0.05) is 0 Å². The fraction of sp³-hybridized carbons (Fsp3) is 0.421. The van der Waals surface area contributed by atoms with Gasteiger partial charge in [0.1, 0.15) is 11.5 Å². The van der Waals surface area contributed by atoms with Crippen molar-refractivity contribution in [3.63, 3.8) is 0 Å². The predicted octanol–water partition coefficient (Wildman–Crippen LogP) is 4.20. The molecule has 4 heterocycles. The van der Waals surface area contributed by atoms with Crippen LogP contribution in [0.5, 0.6) is 0 Å². The van der Waals surface area contributed by atoms with E-state index in [-0.39, 0.29) is 23.3 Å². The molecule has 0 N–H and O–H groups in total. The second-order valence-corrected chi connectivity index (χ2v) is 7.31. The second kappa shape index (κ2) is 6.08. The van der Waals surface area contributed by atoms with E-state index in [1.54, 1.807) is 23.3 Å². The van der Waals surface area contributed by atoms with Crippen molar-refractivity contribution in [2.75, 3.05) is 6.54 Å². The number of halogens is 3. The van der Waals surface area contributed by atoms with Crippen LogP contribution in [0.4, 0.5) is 13.2 Å². The van der Waals surface area contributed by atoms with Gasteiger partial charge in [-0.2, -0.15) is 18.3 Å². The van der Waals surface area contributed by atoms with E-state index in [1.807, 2.05) is 0 Å². The van der Waals surface area contributed by atoms with E-state index in [4.69, 9.17) is 4.42 Å². The van der Waals surface area contributed by atoms with Crippen molar-refractivity contribution in [2.24, 2.45) is 0 Å². The number of likely N-dealkylation sites (tertiary alicyclic amines) is 1. The van der Waals surface area contributed by atoms with Crippen LogP contribution in [-0.2, 0) is 6.18 Å². The van der Waals surface area contributed by atoms with Crippen molar-refractivity contribution >= 4 is 11.6 Å². The zero-order valence-corrected chi connectivity index (χ0v) is 14.8. The predicted molar refractivity (Wildman–Crippen MR) is 91.7 cm³/mol. The topological polar surface area (TPSA) is 63.6 Å². The molecule has 9 heteroatoms. The lowest BCUT2D eigenvalue weighted by molar-refractivity contribution is -0.142. The van der Waals surface area contributed by atoms with Crippen molar-refractivity contribution in [1.29, 1.82) is 0 Å². The smallest absolute Gasteiger partial charge is 0.433 e. The summed E-state index contributed by atoms with van der Waals surface area (Å²) < 4.78 is 46.8. The molecule has 6 nitrogen and oxygen atoms in total. The molecular formula is C19H17F3N4O2. The van der Waals surface area contributed by atoms with E-state index in [9.17, 15) is 18.0 Å². The summed E-state index contributed by atoms with van der Waals surface area (Å²) in [6.45, 7) is 0.505. The standard InChI is InChI=1S/C19H17F3N4O2/c20-19(21,22)16-9-12(11-5-6-11)23-17-10-13(24-26(16)17)18(27)25-7-1-3-14(25)15-4-2-8-28-15/h2,4,8-11,14H,1,3,5-7H2/t14-/m1/s1. The Labute approximate surface area is 157 Å². The lowest BCUT2D eigenvalue weighted by Gasteiger charge is -2.22. The van der Waals surface area contributed by atoms with Gasteiger partial charge in [0, 0.05) is 24.2 Å². The number of hydrogen-bond donors (Lipinski definition) is 0. The Morgan fingerprint density at radius 3 is 2.71 bits per heavy atom. The van der Waals surface area contributed by atoms with Crippen LogP contribution in [0.25, 0.3) is 5.65 Å². The Morgan fingerprint density at radius 1 is 1.21 bits per heavy atom. The molecule has 2 aliphatic rings. The molecule has 3 aromatic rings. The van der Waals surface area contributed by atoms with Gasteiger partial charge in [0.05, 0.1) is 12.3 Å². The highest BCUT2D eigenvalue weighted by molar-refractivity contribution is 5.93. The third kappa shape index (κ3) is 2.85. The summed E-state index contributed by atoms with van der Waals surface area (Å²) in [6.07, 6.45) is 0.159. The van der Waals surface area contributed by atoms with Gasteiger partial charge in [-0.15, -0.1) is 0 Å². The SMILES string of the molecule is O=C(c1cc2nc(C3CC3)cc(C(F)(F)F)n2n1)N1CCC[C@@H]1c1ccco1. The number of carbonyl (C=O) groups is 1. The minimum atomic E-state index is -4.58. The number of aromatic nitrogens is 3. The number of furan rings is 1. The summed E-state index contributed by atoms with van der Waals surface area (Å²) in [5, 5.41) is 3.97. The first kappa shape index (κ1) is 17.3. The maximum Gasteiger partial charge on any atom is 0.433 e. The van der Waals surface area contributed by atoms with Crippen LogP contribution in [0.2, 0.25) is 0 Å². The molecule has 146 valence electrons. The normalized spacial score (nSPS) is 20.2. The highest BCUT2D eigenvalue weighted by Crippen LogP contribution is 2.41. The van der Waals surface area contributed by atoms with Gasteiger partial charge in [0.2, 0.25) is 0 Å². The molecule has 0 radical (unpaired) electrons. The van der Waals surface area contributed by atoms with E-state index in [0.717, 1.165) is 36.3 Å². The van der Waals surface area contributed by atoms with Gasteiger partial charge in [0.25, 0.3) is 5.91 Å². The number of carbonyl (C=O) groups excluding carboxylic acids is 1. The molecule has 1 atom stereocenters. The number of fused-ring (bicyclic) bond motifs is 1. The van der Waals surface area contributed by atoms with Crippen LogP contribution in [0.1, 0.15) is 65.3 Å². The van der Waals surface area contributed by atoms with Crippen LogP contribution in [-0.4, -0.2) is 31.9 Å². The number of rotatable bonds is 3. The Hall–Kier alpha value is -2.84. The average Bonchev–Trinajstić information content (AvgIpc) is 3.06. The van der Waals surface area contributed by atoms with Gasteiger partial charge in [0.15, 0.2) is 11.3 Å². The van der Waals surface area contributed by atoms with E-state index >= 15 is 0 Å². The lowest BCUT2D eigenvalue weighted by atomic mass is 10.1. The van der Waals surface area contributed by atoms with Crippen molar-refractivity contribution in [3.05, 3.63) is 53.4 Å². The number of amides is 1. The average molecular weight is 390 g/mol. The molecular weight excluding hydrogens is 373 g/mol. The molecule has 5 rings (SSSR count). The van der Waals surface area contributed by atoms with Crippen LogP contribution >= 0.6 is 0 Å². The molecule has 1 amide bonds. The first-order valence-corrected chi connectivity index (χ1v) is 9.24. The first-order valence-electron chi connectivity index (χ1n) is 9.24. The van der Waals surface area contributed by atoms with Crippen molar-refractivity contribution in [1.82, 2.24) is 19.5 Å². The minimum absolute atomic E-state index is 0.0376. The Morgan fingerprint density at radius 2 is 2.04 bits per heavy atom. The molecule has 1 saturated carbocycles. The van der Waals surface area contributed by atoms with E-state index in [0.29, 0.717) is 18.0 Å². The second-order valence-electron chi connectivity index (χ2n) is 7.31. The van der Waals surface area contributed by atoms with Gasteiger partial charge >= 0.3 is 6.18 Å². The molecule has 0 unspecified atom stereocenters. The third-order valence-corrected chi connectivity index (χ3v) is 5.34. The quantitative estimate of drug-likeness (QED) is 0.673. The molecule has 1 aliphatic carbocycles. The zero-order chi connectivity index (χ0) is 19.5. The maximum atomic E-state index is 13.5. The van der Waals surface area contributed by atoms with Gasteiger partial charge in [-0.3, -0.25) is 4.79 Å². The summed E-state index contributed by atoms with van der Waals surface area (Å²) in [7, 11) is 0. The van der Waals surface area contributed by atoms with E-state index in [1.165, 1.54) is 6.07 Å². The number of alkyl halides is 3. The van der Waals surface area contributed by atoms with Gasteiger partial charge < -0.3 is 9.32 Å². The van der Waals surface area contributed by atoms with Crippen LogP contribution < -0.4 is 0 Å². The van der Waals surface area contributed by atoms with E-state index < -0.39 is 17.8 Å². The Bertz CT molecular complexity index is 1040. The molecule has 0 spiro atoms. The lowest BCUT2D eigenvalue weighted by Crippen LogP contribution is -2.30. The number of nitrogens with zero attached hydrogens (tertiary/aromatic N) is 4. The summed E-state index contributed by atoms with van der Waals surface area (Å²) in [5.41, 5.74) is -0.478. The molecule has 2 fully saturated rings. The summed E-state index contributed by atoms with van der Waals surface area (Å²) >= 11 is 0. The maximum absolute atomic E-state index is 13.5.